The number of ether oxygens (including phenoxy) is 1. The van der Waals surface area contributed by atoms with Gasteiger partial charge in [0.1, 0.15) is 5.75 Å². The van der Waals surface area contributed by atoms with Gasteiger partial charge in [-0.3, -0.25) is 4.90 Å². The maximum Gasteiger partial charge on any atom is 0.120 e. The molecule has 1 aliphatic heterocycles. The lowest BCUT2D eigenvalue weighted by Gasteiger charge is -2.29. The molecule has 0 bridgehead atoms. The van der Waals surface area contributed by atoms with Crippen LogP contribution in [-0.2, 0) is 13.1 Å². The number of fused-ring (bicyclic) bond motifs is 1. The summed E-state index contributed by atoms with van der Waals surface area (Å²) in [5.41, 5.74) is 2.54. The van der Waals surface area contributed by atoms with Gasteiger partial charge in [0.2, 0.25) is 0 Å². The van der Waals surface area contributed by atoms with Gasteiger partial charge in [-0.1, -0.05) is 25.4 Å². The predicted octanol–water partition coefficient (Wildman–Crippen LogP) is 5.79. The summed E-state index contributed by atoms with van der Waals surface area (Å²) in [5, 5.41) is 11.1. The van der Waals surface area contributed by atoms with Crippen molar-refractivity contribution in [3.8, 4) is 5.75 Å². The van der Waals surface area contributed by atoms with Crippen LogP contribution in [0, 0.1) is 5.92 Å². The molecule has 30 heavy (non-hydrogen) atoms. The molecule has 6 heteroatoms. The third-order valence-electron chi connectivity index (χ3n) is 5.81. The highest BCUT2D eigenvalue weighted by atomic mass is 35.5. The van der Waals surface area contributed by atoms with Crippen LogP contribution in [0.3, 0.4) is 0 Å². The Morgan fingerprint density at radius 3 is 2.67 bits per heavy atom. The van der Waals surface area contributed by atoms with Crippen LogP contribution in [0.4, 0.5) is 0 Å². The van der Waals surface area contributed by atoms with Crippen LogP contribution >= 0.6 is 22.9 Å². The van der Waals surface area contributed by atoms with E-state index in [4.69, 9.17) is 16.3 Å². The quantitative estimate of drug-likeness (QED) is 0.476. The molecule has 0 unspecified atom stereocenters. The van der Waals surface area contributed by atoms with Gasteiger partial charge >= 0.3 is 0 Å². The maximum absolute atomic E-state index is 9.84. The fourth-order valence-electron chi connectivity index (χ4n) is 4.03. The molecule has 0 saturated carbocycles. The Labute approximate surface area is 188 Å². The summed E-state index contributed by atoms with van der Waals surface area (Å²) in [4.78, 5) is 3.70. The molecule has 4 nitrogen and oxygen atoms in total. The minimum absolute atomic E-state index is 0.146. The zero-order chi connectivity index (χ0) is 21.1. The monoisotopic (exact) mass is 446 g/mol. The predicted molar refractivity (Wildman–Crippen MR) is 126 cm³/mol. The first kappa shape index (κ1) is 21.7. The van der Waals surface area contributed by atoms with E-state index >= 15 is 0 Å². The number of hydrogen-bond acceptors (Lipinski definition) is 4. The van der Waals surface area contributed by atoms with Crippen LogP contribution < -0.4 is 4.74 Å². The molecule has 1 aromatic carbocycles. The first-order valence-electron chi connectivity index (χ1n) is 10.9. The molecule has 1 N–H and O–H groups in total. The number of benzene rings is 1. The van der Waals surface area contributed by atoms with Crippen molar-refractivity contribution in [3.05, 3.63) is 51.3 Å². The summed E-state index contributed by atoms with van der Waals surface area (Å²) in [5.74, 6) is 1.58. The highest BCUT2D eigenvalue weighted by molar-refractivity contribution is 7.16. The first-order valence-corrected chi connectivity index (χ1v) is 12.1. The van der Waals surface area contributed by atoms with E-state index in [0.29, 0.717) is 5.92 Å². The maximum atomic E-state index is 9.84. The molecule has 0 spiro atoms. The largest absolute Gasteiger partial charge is 0.494 e. The minimum atomic E-state index is -0.146. The van der Waals surface area contributed by atoms with Crippen molar-refractivity contribution in [3.63, 3.8) is 0 Å². The van der Waals surface area contributed by atoms with Gasteiger partial charge in [-0.05, 0) is 61.1 Å². The Kier molecular flexibility index (Phi) is 7.04. The average Bonchev–Trinajstić information content (AvgIpc) is 3.27. The molecule has 4 rings (SSSR count). The highest BCUT2D eigenvalue weighted by Gasteiger charge is 2.19. The summed E-state index contributed by atoms with van der Waals surface area (Å²) in [7, 11) is 0. The van der Waals surface area contributed by atoms with Gasteiger partial charge in [0.05, 0.1) is 23.6 Å². The zero-order valence-corrected chi connectivity index (χ0v) is 19.4. The Hall–Kier alpha value is -1.53. The summed E-state index contributed by atoms with van der Waals surface area (Å²) in [6, 6.07) is 10.5. The van der Waals surface area contributed by atoms with Gasteiger partial charge in [0, 0.05) is 41.6 Å². The number of rotatable bonds is 8. The number of hydrogen-bond donors (Lipinski definition) is 1. The minimum Gasteiger partial charge on any atom is -0.494 e. The molecule has 1 aliphatic rings. The normalized spacial score (nSPS) is 16.0. The van der Waals surface area contributed by atoms with E-state index in [9.17, 15) is 5.11 Å². The number of aliphatic hydroxyl groups excluding tert-OH is 1. The topological polar surface area (TPSA) is 37.6 Å². The fourth-order valence-corrected chi connectivity index (χ4v) is 5.12. The highest BCUT2D eigenvalue weighted by Crippen LogP contribution is 2.30. The van der Waals surface area contributed by atoms with E-state index in [1.807, 2.05) is 6.07 Å². The van der Waals surface area contributed by atoms with E-state index in [2.05, 4.69) is 53.8 Å². The van der Waals surface area contributed by atoms with Crippen LogP contribution in [0.15, 0.2) is 36.5 Å². The number of piperidine rings is 1. The summed E-state index contributed by atoms with van der Waals surface area (Å²) < 4.78 is 9.19. The lowest BCUT2D eigenvalue weighted by Crippen LogP contribution is -2.35. The third-order valence-corrected chi connectivity index (χ3v) is 7.02. The summed E-state index contributed by atoms with van der Waals surface area (Å²) in [6.45, 7) is 8.79. The average molecular weight is 447 g/mol. The van der Waals surface area contributed by atoms with E-state index in [1.54, 1.807) is 11.3 Å². The zero-order valence-electron chi connectivity index (χ0n) is 17.8. The molecular formula is C24H31ClN2O2S. The van der Waals surface area contributed by atoms with E-state index < -0.39 is 0 Å². The molecule has 3 heterocycles. The Morgan fingerprint density at radius 1 is 1.17 bits per heavy atom. The van der Waals surface area contributed by atoms with Crippen molar-refractivity contribution in [2.75, 3.05) is 19.7 Å². The van der Waals surface area contributed by atoms with Crippen molar-refractivity contribution in [2.45, 2.75) is 52.3 Å². The SMILES string of the molecule is CC(C)CCOc1ccc2c(c1)c(CN1CCC(O)CC1)cn2Cc1ccc(Cl)s1. The molecule has 162 valence electrons. The molecule has 0 radical (unpaired) electrons. The molecule has 3 aromatic rings. The van der Waals surface area contributed by atoms with Crippen LogP contribution in [0.2, 0.25) is 4.34 Å². The number of aliphatic hydroxyl groups is 1. The third kappa shape index (κ3) is 5.38. The molecular weight excluding hydrogens is 416 g/mol. The van der Waals surface area contributed by atoms with Crippen molar-refractivity contribution in [1.82, 2.24) is 9.47 Å². The molecule has 0 amide bonds. The van der Waals surface area contributed by atoms with E-state index in [-0.39, 0.29) is 6.10 Å². The second-order valence-electron chi connectivity index (χ2n) is 8.71. The van der Waals surface area contributed by atoms with Crippen LogP contribution in [-0.4, -0.2) is 40.4 Å². The first-order chi connectivity index (χ1) is 14.5. The second kappa shape index (κ2) is 9.73. The van der Waals surface area contributed by atoms with Gasteiger partial charge in [0.15, 0.2) is 0 Å². The molecule has 2 aromatic heterocycles. The molecule has 1 saturated heterocycles. The van der Waals surface area contributed by atoms with Crippen LogP contribution in [0.25, 0.3) is 10.9 Å². The van der Waals surface area contributed by atoms with Crippen LogP contribution in [0.1, 0.15) is 43.6 Å². The van der Waals surface area contributed by atoms with Crippen LogP contribution in [0.5, 0.6) is 5.75 Å². The number of nitrogens with zero attached hydrogens (tertiary/aromatic N) is 2. The summed E-state index contributed by atoms with van der Waals surface area (Å²) >= 11 is 7.78. The smallest absolute Gasteiger partial charge is 0.120 e. The van der Waals surface area contributed by atoms with Gasteiger partial charge in [-0.2, -0.15) is 0 Å². The number of likely N-dealkylation sites (tertiary alicyclic amines) is 1. The van der Waals surface area contributed by atoms with Crippen molar-refractivity contribution in [2.24, 2.45) is 5.92 Å². The standard InChI is InChI=1S/C24H31ClN2O2S/c1-17(2)9-12-29-20-3-5-23-22(13-20)18(14-26-10-7-19(28)8-11-26)15-27(23)16-21-4-6-24(25)30-21/h3-6,13,15,17,19,28H,7-12,14,16H2,1-2H3. The number of halogens is 1. The van der Waals surface area contributed by atoms with Crippen molar-refractivity contribution < 1.29 is 9.84 Å². The second-order valence-corrected chi connectivity index (χ2v) is 10.5. The lowest BCUT2D eigenvalue weighted by atomic mass is 10.1. The van der Waals surface area contributed by atoms with Gasteiger partial charge < -0.3 is 14.4 Å². The number of aromatic nitrogens is 1. The molecule has 1 fully saturated rings. The van der Waals surface area contributed by atoms with Gasteiger partial charge in [0.25, 0.3) is 0 Å². The Bertz CT molecular complexity index is 973. The van der Waals surface area contributed by atoms with Crippen molar-refractivity contribution in [1.29, 1.82) is 0 Å². The van der Waals surface area contributed by atoms with E-state index in [0.717, 1.165) is 62.1 Å². The van der Waals surface area contributed by atoms with Gasteiger partial charge in [-0.15, -0.1) is 11.3 Å². The summed E-state index contributed by atoms with van der Waals surface area (Å²) in [6.07, 6.45) is 4.90. The Balaban J connectivity index is 1.60. The van der Waals surface area contributed by atoms with Crippen molar-refractivity contribution >= 4 is 33.8 Å². The Morgan fingerprint density at radius 2 is 1.97 bits per heavy atom. The fraction of sp³-hybridized carbons (Fsp3) is 0.500. The molecule has 0 aliphatic carbocycles. The lowest BCUT2D eigenvalue weighted by molar-refractivity contribution is 0.0794. The van der Waals surface area contributed by atoms with Gasteiger partial charge in [-0.25, -0.2) is 0 Å². The number of thiophene rings is 1. The molecule has 0 atom stereocenters. The van der Waals surface area contributed by atoms with E-state index in [1.165, 1.54) is 21.3 Å².